The second-order valence-electron chi connectivity index (χ2n) is 4.40. The highest BCUT2D eigenvalue weighted by Crippen LogP contribution is 1.92. The molecule has 0 aromatic heterocycles. The zero-order chi connectivity index (χ0) is 14.0. The molecule has 106 valence electrons. The van der Waals surface area contributed by atoms with Gasteiger partial charge in [0.2, 0.25) is 0 Å². The molecule has 0 saturated heterocycles. The molecule has 18 heavy (non-hydrogen) atoms. The monoisotopic (exact) mass is 275 g/mol. The average Bonchev–Trinajstić information content (AvgIpc) is 2.32. The fourth-order valence-corrected chi connectivity index (χ4v) is 1.47. The number of nitrogens with one attached hydrogen (secondary N) is 2. The van der Waals surface area contributed by atoms with Gasteiger partial charge in [0.15, 0.2) is 5.11 Å². The van der Waals surface area contributed by atoms with E-state index in [1.165, 1.54) is 0 Å². The summed E-state index contributed by atoms with van der Waals surface area (Å²) in [4.78, 5) is 13.6. The summed E-state index contributed by atoms with van der Waals surface area (Å²) in [5.41, 5.74) is 0. The number of rotatable bonds is 7. The van der Waals surface area contributed by atoms with E-state index in [1.54, 1.807) is 0 Å². The van der Waals surface area contributed by atoms with Gasteiger partial charge in [-0.2, -0.15) is 0 Å². The third-order valence-corrected chi connectivity index (χ3v) is 2.62. The van der Waals surface area contributed by atoms with Gasteiger partial charge in [-0.15, -0.1) is 0 Å². The van der Waals surface area contributed by atoms with Crippen LogP contribution < -0.4 is 10.6 Å². The first-order chi connectivity index (χ1) is 8.49. The first-order valence-electron chi connectivity index (χ1n) is 6.43. The number of thiocarbonyl (C=S) groups is 1. The lowest BCUT2D eigenvalue weighted by atomic mass is 10.2. The molecule has 0 atom stereocenters. The van der Waals surface area contributed by atoms with Crippen molar-refractivity contribution in [2.45, 2.75) is 27.7 Å². The van der Waals surface area contributed by atoms with Crippen LogP contribution in [0.15, 0.2) is 0 Å². The Hall–Kier alpha value is -0.880. The summed E-state index contributed by atoms with van der Waals surface area (Å²) in [7, 11) is 0. The topological polar surface area (TPSA) is 53.6 Å². The number of nitrogens with zero attached hydrogens (tertiary/aromatic N) is 1. The summed E-state index contributed by atoms with van der Waals surface area (Å²) in [5.74, 6) is 0.319. The summed E-state index contributed by atoms with van der Waals surface area (Å²) in [6.45, 7) is 12.2. The van der Waals surface area contributed by atoms with Crippen LogP contribution in [0.5, 0.6) is 0 Å². The van der Waals surface area contributed by atoms with Crippen LogP contribution in [0, 0.1) is 5.92 Å². The minimum atomic E-state index is -0.496. The summed E-state index contributed by atoms with van der Waals surface area (Å²) in [5, 5.41) is 5.78. The van der Waals surface area contributed by atoms with E-state index in [-0.39, 0.29) is 0 Å². The Kier molecular flexibility index (Phi) is 9.59. The van der Waals surface area contributed by atoms with Crippen molar-refractivity contribution in [1.82, 2.24) is 15.5 Å². The van der Waals surface area contributed by atoms with Crippen molar-refractivity contribution in [3.8, 4) is 0 Å². The third-order valence-electron chi connectivity index (χ3n) is 2.37. The molecule has 0 spiro atoms. The van der Waals surface area contributed by atoms with Crippen LogP contribution in [0.25, 0.3) is 0 Å². The zero-order valence-electron chi connectivity index (χ0n) is 11.8. The molecule has 0 aromatic rings. The van der Waals surface area contributed by atoms with E-state index in [0.717, 1.165) is 19.6 Å². The van der Waals surface area contributed by atoms with Crippen molar-refractivity contribution in [2.75, 3.05) is 32.8 Å². The van der Waals surface area contributed by atoms with Crippen molar-refractivity contribution in [3.63, 3.8) is 0 Å². The lowest BCUT2D eigenvalue weighted by Gasteiger charge is -2.18. The molecular weight excluding hydrogens is 250 g/mol. The van der Waals surface area contributed by atoms with Crippen LogP contribution in [-0.4, -0.2) is 48.9 Å². The minimum absolute atomic E-state index is 0.316. The summed E-state index contributed by atoms with van der Waals surface area (Å²) in [6.07, 6.45) is -0.496. The number of hydrogen-bond donors (Lipinski definition) is 2. The number of likely N-dealkylation sites (N-methyl/N-ethyl adjacent to an activating group) is 1. The zero-order valence-corrected chi connectivity index (χ0v) is 12.6. The maximum Gasteiger partial charge on any atom is 0.413 e. The Morgan fingerprint density at radius 3 is 2.44 bits per heavy atom. The van der Waals surface area contributed by atoms with Gasteiger partial charge < -0.3 is 15.0 Å². The van der Waals surface area contributed by atoms with Gasteiger partial charge in [-0.1, -0.05) is 27.7 Å². The number of amides is 1. The van der Waals surface area contributed by atoms with Gasteiger partial charge in [0.05, 0.1) is 6.61 Å². The first-order valence-corrected chi connectivity index (χ1v) is 6.84. The SMILES string of the molecule is CCN(CC)CCNC(=S)NC(=O)OCC(C)C. The predicted octanol–water partition coefficient (Wildman–Crippen LogP) is 1.58. The van der Waals surface area contributed by atoms with Crippen molar-refractivity contribution in [3.05, 3.63) is 0 Å². The van der Waals surface area contributed by atoms with Gasteiger partial charge in [-0.25, -0.2) is 4.79 Å². The molecule has 1 amide bonds. The van der Waals surface area contributed by atoms with Crippen LogP contribution in [0.1, 0.15) is 27.7 Å². The summed E-state index contributed by atoms with van der Waals surface area (Å²) >= 11 is 4.99. The molecule has 0 aliphatic rings. The van der Waals surface area contributed by atoms with Gasteiger partial charge in [0, 0.05) is 13.1 Å². The second kappa shape index (κ2) is 10.1. The molecule has 5 nitrogen and oxygen atoms in total. The van der Waals surface area contributed by atoms with Gasteiger partial charge in [0.25, 0.3) is 0 Å². The molecule has 2 N–H and O–H groups in total. The minimum Gasteiger partial charge on any atom is -0.449 e. The van der Waals surface area contributed by atoms with Gasteiger partial charge in [-0.05, 0) is 31.2 Å². The standard InChI is InChI=1S/C12H25N3O2S/c1-5-15(6-2)8-7-13-11(18)14-12(16)17-9-10(3)4/h10H,5-9H2,1-4H3,(H2,13,14,16,18). The fourth-order valence-electron chi connectivity index (χ4n) is 1.28. The predicted molar refractivity (Wildman–Crippen MR) is 77.7 cm³/mol. The molecule has 0 rings (SSSR count). The lowest BCUT2D eigenvalue weighted by Crippen LogP contribution is -2.43. The highest BCUT2D eigenvalue weighted by atomic mass is 32.1. The maximum atomic E-state index is 11.3. The lowest BCUT2D eigenvalue weighted by molar-refractivity contribution is 0.138. The Morgan fingerprint density at radius 1 is 1.33 bits per heavy atom. The van der Waals surface area contributed by atoms with Crippen molar-refractivity contribution >= 4 is 23.4 Å². The average molecular weight is 275 g/mol. The largest absolute Gasteiger partial charge is 0.449 e. The van der Waals surface area contributed by atoms with Crippen LogP contribution in [0.3, 0.4) is 0 Å². The highest BCUT2D eigenvalue weighted by Gasteiger charge is 2.06. The van der Waals surface area contributed by atoms with Crippen LogP contribution in [0.4, 0.5) is 4.79 Å². The number of hydrogen-bond acceptors (Lipinski definition) is 4. The van der Waals surface area contributed by atoms with E-state index in [9.17, 15) is 4.79 Å². The fraction of sp³-hybridized carbons (Fsp3) is 0.833. The highest BCUT2D eigenvalue weighted by molar-refractivity contribution is 7.80. The third kappa shape index (κ3) is 9.18. The normalized spacial score (nSPS) is 10.6. The van der Waals surface area contributed by atoms with E-state index >= 15 is 0 Å². The summed E-state index contributed by atoms with van der Waals surface area (Å²) < 4.78 is 4.96. The second-order valence-corrected chi connectivity index (χ2v) is 4.81. The van der Waals surface area contributed by atoms with Gasteiger partial charge in [-0.3, -0.25) is 5.32 Å². The van der Waals surface area contributed by atoms with E-state index in [4.69, 9.17) is 17.0 Å². The summed E-state index contributed by atoms with van der Waals surface area (Å²) in [6, 6.07) is 0. The van der Waals surface area contributed by atoms with Crippen LogP contribution in [-0.2, 0) is 4.74 Å². The van der Waals surface area contributed by atoms with E-state index < -0.39 is 6.09 Å². The first kappa shape index (κ1) is 17.1. The van der Waals surface area contributed by atoms with Gasteiger partial charge >= 0.3 is 6.09 Å². The van der Waals surface area contributed by atoms with Crippen molar-refractivity contribution in [2.24, 2.45) is 5.92 Å². The van der Waals surface area contributed by atoms with Crippen molar-refractivity contribution < 1.29 is 9.53 Å². The van der Waals surface area contributed by atoms with E-state index in [0.29, 0.717) is 24.2 Å². The molecule has 0 aromatic carbocycles. The molecule has 0 saturated carbocycles. The number of ether oxygens (including phenoxy) is 1. The quantitative estimate of drug-likeness (QED) is 0.691. The molecule has 0 aliphatic carbocycles. The maximum absolute atomic E-state index is 11.3. The smallest absolute Gasteiger partial charge is 0.413 e. The molecule has 0 fully saturated rings. The number of alkyl carbamates (subject to hydrolysis) is 1. The van der Waals surface area contributed by atoms with Crippen LogP contribution >= 0.6 is 12.2 Å². The molecule has 6 heteroatoms. The van der Waals surface area contributed by atoms with Crippen LogP contribution in [0.2, 0.25) is 0 Å². The Bertz CT molecular complexity index is 256. The Morgan fingerprint density at radius 2 is 1.94 bits per heavy atom. The molecule has 0 aliphatic heterocycles. The van der Waals surface area contributed by atoms with Gasteiger partial charge in [0.1, 0.15) is 0 Å². The van der Waals surface area contributed by atoms with E-state index in [2.05, 4.69) is 29.4 Å². The molecule has 0 heterocycles. The molecule has 0 unspecified atom stereocenters. The molecule has 0 bridgehead atoms. The number of carbonyl (C=O) groups is 1. The van der Waals surface area contributed by atoms with Crippen molar-refractivity contribution in [1.29, 1.82) is 0 Å². The Balaban J connectivity index is 3.67. The number of carbonyl (C=O) groups excluding carboxylic acids is 1. The molecular formula is C12H25N3O2S. The molecule has 0 radical (unpaired) electrons. The van der Waals surface area contributed by atoms with E-state index in [1.807, 2.05) is 13.8 Å². The Labute approximate surface area is 115 Å².